The molecule has 1 amide bonds. The maximum Gasteiger partial charge on any atom is 0.325 e. The summed E-state index contributed by atoms with van der Waals surface area (Å²) in [6.45, 7) is 1.85. The van der Waals surface area contributed by atoms with Crippen molar-refractivity contribution in [2.75, 3.05) is 13.2 Å². The van der Waals surface area contributed by atoms with Gasteiger partial charge in [0.05, 0.1) is 6.61 Å². The molecule has 136 valence electrons. The van der Waals surface area contributed by atoms with Crippen LogP contribution in [-0.2, 0) is 19.1 Å². The Labute approximate surface area is 153 Å². The first-order valence-corrected chi connectivity index (χ1v) is 8.70. The minimum absolute atomic E-state index is 0.0312. The molecule has 5 heteroatoms. The lowest BCUT2D eigenvalue weighted by Crippen LogP contribution is -2.30. The van der Waals surface area contributed by atoms with E-state index in [1.165, 1.54) is 0 Å². The summed E-state index contributed by atoms with van der Waals surface area (Å²) in [4.78, 5) is 34.6. The number of ether oxygens (including phenoxy) is 1. The Morgan fingerprint density at radius 3 is 2.58 bits per heavy atom. The van der Waals surface area contributed by atoms with Gasteiger partial charge in [0.25, 0.3) is 0 Å². The van der Waals surface area contributed by atoms with Gasteiger partial charge in [-0.15, -0.1) is 0 Å². The summed E-state index contributed by atoms with van der Waals surface area (Å²) in [7, 11) is 0. The van der Waals surface area contributed by atoms with Crippen molar-refractivity contribution in [3.63, 3.8) is 0 Å². The lowest BCUT2D eigenvalue weighted by atomic mass is 10.1. The van der Waals surface area contributed by atoms with Crippen molar-refractivity contribution in [2.24, 2.45) is 0 Å². The van der Waals surface area contributed by atoms with Crippen molar-refractivity contribution in [1.82, 2.24) is 5.32 Å². The van der Waals surface area contributed by atoms with Crippen LogP contribution in [0.4, 0.5) is 0 Å². The number of amides is 1. The second-order valence-corrected chi connectivity index (χ2v) is 5.84. The summed E-state index contributed by atoms with van der Waals surface area (Å²) < 4.78 is 4.72. The van der Waals surface area contributed by atoms with Gasteiger partial charge in [-0.1, -0.05) is 42.5 Å². The van der Waals surface area contributed by atoms with Gasteiger partial charge in [-0.3, -0.25) is 14.4 Å². The molecule has 26 heavy (non-hydrogen) atoms. The van der Waals surface area contributed by atoms with Crippen molar-refractivity contribution in [3.8, 4) is 0 Å². The SMILES string of the molecule is CCOC(=O)CNC(=O)CCCC(=O)/C=C/c1ccc2ccccc2c1. The summed E-state index contributed by atoms with van der Waals surface area (Å²) in [5.74, 6) is -0.754. The van der Waals surface area contributed by atoms with E-state index in [1.807, 2.05) is 42.5 Å². The van der Waals surface area contributed by atoms with Crippen molar-refractivity contribution in [1.29, 1.82) is 0 Å². The van der Waals surface area contributed by atoms with E-state index >= 15 is 0 Å². The third kappa shape index (κ3) is 6.51. The van der Waals surface area contributed by atoms with Gasteiger partial charge in [-0.25, -0.2) is 0 Å². The molecule has 0 aliphatic heterocycles. The first-order valence-electron chi connectivity index (χ1n) is 8.70. The molecule has 5 nitrogen and oxygen atoms in total. The van der Waals surface area contributed by atoms with Gasteiger partial charge in [0.2, 0.25) is 5.91 Å². The Bertz CT molecular complexity index is 811. The average molecular weight is 353 g/mol. The van der Waals surface area contributed by atoms with E-state index in [0.29, 0.717) is 6.42 Å². The molecular formula is C21H23NO4. The van der Waals surface area contributed by atoms with Crippen LogP contribution in [-0.4, -0.2) is 30.8 Å². The van der Waals surface area contributed by atoms with Crippen molar-refractivity contribution in [2.45, 2.75) is 26.2 Å². The number of hydrogen-bond acceptors (Lipinski definition) is 4. The third-order valence-corrected chi connectivity index (χ3v) is 3.80. The van der Waals surface area contributed by atoms with Crippen LogP contribution in [0.25, 0.3) is 16.8 Å². The zero-order valence-electron chi connectivity index (χ0n) is 14.9. The number of allylic oxidation sites excluding steroid dienone is 1. The number of fused-ring (bicyclic) bond motifs is 1. The monoisotopic (exact) mass is 353 g/mol. The van der Waals surface area contributed by atoms with E-state index in [4.69, 9.17) is 4.74 Å². The molecule has 2 aromatic carbocycles. The molecule has 0 fully saturated rings. The van der Waals surface area contributed by atoms with Gasteiger partial charge in [-0.2, -0.15) is 0 Å². The van der Waals surface area contributed by atoms with Gasteiger partial charge in [0, 0.05) is 12.8 Å². The molecule has 1 N–H and O–H groups in total. The van der Waals surface area contributed by atoms with Crippen molar-refractivity contribution >= 4 is 34.5 Å². The fourth-order valence-corrected chi connectivity index (χ4v) is 2.48. The summed E-state index contributed by atoms with van der Waals surface area (Å²) in [5.41, 5.74) is 0.962. The lowest BCUT2D eigenvalue weighted by molar-refractivity contribution is -0.143. The van der Waals surface area contributed by atoms with Gasteiger partial charge in [-0.05, 0) is 41.8 Å². The number of hydrogen-bond donors (Lipinski definition) is 1. The largest absolute Gasteiger partial charge is 0.465 e. The molecule has 0 bridgehead atoms. The number of carbonyl (C=O) groups excluding carboxylic acids is 3. The second kappa shape index (κ2) is 10.1. The van der Waals surface area contributed by atoms with Gasteiger partial charge >= 0.3 is 5.97 Å². The zero-order chi connectivity index (χ0) is 18.8. The van der Waals surface area contributed by atoms with Crippen LogP contribution in [0.15, 0.2) is 48.5 Å². The summed E-state index contributed by atoms with van der Waals surface area (Å²) in [5, 5.41) is 4.76. The normalized spacial score (nSPS) is 10.8. The van der Waals surface area contributed by atoms with Gasteiger partial charge in [0.15, 0.2) is 5.78 Å². The van der Waals surface area contributed by atoms with Crippen LogP contribution in [0.2, 0.25) is 0 Å². The van der Waals surface area contributed by atoms with Gasteiger partial charge < -0.3 is 10.1 Å². The smallest absolute Gasteiger partial charge is 0.325 e. The first kappa shape index (κ1) is 19.4. The molecule has 2 aromatic rings. The van der Waals surface area contributed by atoms with E-state index in [2.05, 4.69) is 5.32 Å². The van der Waals surface area contributed by atoms with Crippen LogP contribution in [0.5, 0.6) is 0 Å². The third-order valence-electron chi connectivity index (χ3n) is 3.80. The van der Waals surface area contributed by atoms with Crippen LogP contribution in [0.3, 0.4) is 0 Å². The topological polar surface area (TPSA) is 72.5 Å². The van der Waals surface area contributed by atoms with Crippen molar-refractivity contribution in [3.05, 3.63) is 54.1 Å². The Balaban J connectivity index is 1.73. The zero-order valence-corrected chi connectivity index (χ0v) is 14.9. The van der Waals surface area contributed by atoms with E-state index in [0.717, 1.165) is 16.3 Å². The predicted molar refractivity (Wildman–Crippen MR) is 101 cm³/mol. The number of esters is 1. The molecule has 0 aliphatic carbocycles. The fraction of sp³-hybridized carbons (Fsp3) is 0.286. The van der Waals surface area contributed by atoms with Crippen LogP contribution >= 0.6 is 0 Å². The van der Waals surface area contributed by atoms with Crippen LogP contribution in [0, 0.1) is 0 Å². The number of rotatable bonds is 9. The molecule has 0 heterocycles. The molecule has 0 aliphatic rings. The average Bonchev–Trinajstić information content (AvgIpc) is 2.65. The highest BCUT2D eigenvalue weighted by Gasteiger charge is 2.06. The van der Waals surface area contributed by atoms with Gasteiger partial charge in [0.1, 0.15) is 6.54 Å². The number of ketones is 1. The molecule has 0 atom stereocenters. The molecular weight excluding hydrogens is 330 g/mol. The lowest BCUT2D eigenvalue weighted by Gasteiger charge is -2.04. The van der Waals surface area contributed by atoms with Crippen LogP contribution in [0.1, 0.15) is 31.7 Å². The fourth-order valence-electron chi connectivity index (χ4n) is 2.48. The highest BCUT2D eigenvalue weighted by atomic mass is 16.5. The second-order valence-electron chi connectivity index (χ2n) is 5.84. The summed E-state index contributed by atoms with van der Waals surface area (Å²) in [6.07, 6.45) is 4.26. The highest BCUT2D eigenvalue weighted by molar-refractivity contribution is 5.94. The number of carbonyl (C=O) groups is 3. The highest BCUT2D eigenvalue weighted by Crippen LogP contribution is 2.16. The standard InChI is InChI=1S/C21H23NO4/c1-2-26-21(25)15-22-20(24)9-5-8-19(23)13-11-16-10-12-17-6-3-4-7-18(17)14-16/h3-4,6-7,10-14H,2,5,8-9,15H2,1H3,(H,22,24)/b13-11+. The molecule has 0 radical (unpaired) electrons. The van der Waals surface area contributed by atoms with E-state index in [9.17, 15) is 14.4 Å². The Kier molecular flexibility index (Phi) is 7.55. The minimum atomic E-state index is -0.463. The number of benzene rings is 2. The Morgan fingerprint density at radius 2 is 1.81 bits per heavy atom. The van der Waals surface area contributed by atoms with Crippen LogP contribution < -0.4 is 5.32 Å². The van der Waals surface area contributed by atoms with E-state index in [-0.39, 0.29) is 37.7 Å². The van der Waals surface area contributed by atoms with E-state index in [1.54, 1.807) is 19.1 Å². The maximum absolute atomic E-state index is 11.9. The Hall–Kier alpha value is -2.95. The van der Waals surface area contributed by atoms with E-state index < -0.39 is 5.97 Å². The molecule has 0 saturated carbocycles. The molecule has 0 aromatic heterocycles. The minimum Gasteiger partial charge on any atom is -0.465 e. The summed E-state index contributed by atoms with van der Waals surface area (Å²) >= 11 is 0. The summed E-state index contributed by atoms with van der Waals surface area (Å²) in [6, 6.07) is 14.1. The molecule has 0 spiro atoms. The molecule has 2 rings (SSSR count). The number of nitrogens with one attached hydrogen (secondary N) is 1. The maximum atomic E-state index is 11.9. The van der Waals surface area contributed by atoms with Crippen molar-refractivity contribution < 1.29 is 19.1 Å². The molecule has 0 unspecified atom stereocenters. The Morgan fingerprint density at radius 1 is 1.04 bits per heavy atom. The quantitative estimate of drug-likeness (QED) is 0.555. The first-order chi connectivity index (χ1) is 12.6. The predicted octanol–water partition coefficient (Wildman–Crippen LogP) is 3.27. The molecule has 0 saturated heterocycles.